The number of nitrogens with one attached hydrogen (secondary N) is 1. The van der Waals surface area contributed by atoms with Crippen LogP contribution in [-0.4, -0.2) is 36.2 Å². The topological polar surface area (TPSA) is 47.0 Å². The molecule has 1 aromatic rings. The van der Waals surface area contributed by atoms with Crippen LogP contribution >= 0.6 is 15.9 Å². The Labute approximate surface area is 120 Å². The number of anilines is 1. The third-order valence-corrected chi connectivity index (χ3v) is 3.19. The number of hydrogen-bond acceptors (Lipinski definition) is 4. The number of aromatic nitrogens is 2. The van der Waals surface area contributed by atoms with Gasteiger partial charge in [-0.25, -0.2) is 18.7 Å². The highest BCUT2D eigenvalue weighted by Crippen LogP contribution is 2.24. The Bertz CT molecular complexity index is 405. The van der Waals surface area contributed by atoms with Gasteiger partial charge in [0.15, 0.2) is 0 Å². The molecule has 0 aliphatic heterocycles. The third kappa shape index (κ3) is 5.36. The van der Waals surface area contributed by atoms with Crippen molar-refractivity contribution in [1.82, 2.24) is 9.97 Å². The first-order chi connectivity index (χ1) is 9.08. The number of halogens is 3. The van der Waals surface area contributed by atoms with Crippen molar-refractivity contribution in [3.8, 4) is 0 Å². The van der Waals surface area contributed by atoms with Gasteiger partial charge in [-0.05, 0) is 29.3 Å². The minimum Gasteiger partial charge on any atom is -0.375 e. The van der Waals surface area contributed by atoms with Crippen LogP contribution in [-0.2, 0) is 17.6 Å². The van der Waals surface area contributed by atoms with Crippen LogP contribution in [0, 0.1) is 0 Å². The van der Waals surface area contributed by atoms with E-state index in [0.717, 1.165) is 29.0 Å². The maximum absolute atomic E-state index is 11.9. The molecule has 1 N–H and O–H groups in total. The maximum Gasteiger partial charge on any atom is 0.261 e. The lowest BCUT2D eigenvalue weighted by Gasteiger charge is -2.11. The minimum absolute atomic E-state index is 0.195. The van der Waals surface area contributed by atoms with E-state index >= 15 is 0 Å². The van der Waals surface area contributed by atoms with Gasteiger partial charge in [0, 0.05) is 13.0 Å². The maximum atomic E-state index is 11.9. The van der Waals surface area contributed by atoms with Crippen molar-refractivity contribution >= 4 is 21.7 Å². The Hall–Kier alpha value is -0.820. The Morgan fingerprint density at radius 2 is 2.05 bits per heavy atom. The summed E-state index contributed by atoms with van der Waals surface area (Å²) < 4.78 is 29.5. The van der Waals surface area contributed by atoms with Crippen LogP contribution in [0.5, 0.6) is 0 Å². The zero-order chi connectivity index (χ0) is 14.3. The third-order valence-electron chi connectivity index (χ3n) is 2.36. The van der Waals surface area contributed by atoms with Gasteiger partial charge in [0.1, 0.15) is 18.2 Å². The van der Waals surface area contributed by atoms with E-state index in [-0.39, 0.29) is 6.61 Å². The molecule has 0 unspecified atom stereocenters. The molecule has 0 atom stereocenters. The van der Waals surface area contributed by atoms with Crippen molar-refractivity contribution in [2.45, 2.75) is 33.1 Å². The van der Waals surface area contributed by atoms with Crippen molar-refractivity contribution in [3.05, 3.63) is 16.0 Å². The van der Waals surface area contributed by atoms with E-state index in [0.29, 0.717) is 12.2 Å². The van der Waals surface area contributed by atoms with Crippen molar-refractivity contribution in [2.75, 3.05) is 25.1 Å². The van der Waals surface area contributed by atoms with Crippen LogP contribution in [0.15, 0.2) is 4.47 Å². The molecule has 0 fully saturated rings. The van der Waals surface area contributed by atoms with Crippen molar-refractivity contribution in [1.29, 1.82) is 0 Å². The molecule has 108 valence electrons. The largest absolute Gasteiger partial charge is 0.375 e. The summed E-state index contributed by atoms with van der Waals surface area (Å²) in [6.07, 6.45) is -1.24. The second-order valence-corrected chi connectivity index (χ2v) is 4.64. The molecular weight excluding hydrogens is 320 g/mol. The second-order valence-electron chi connectivity index (χ2n) is 3.85. The first-order valence-electron chi connectivity index (χ1n) is 6.23. The number of alkyl halides is 2. The standard InChI is InChI=1S/C12H18BrF2N3O/c1-3-8-11(13)12(16-4-2)18-10(17-8)5-6-19-7-9(14)15/h9H,3-7H2,1-2H3,(H,16,17,18). The van der Waals surface area contributed by atoms with Gasteiger partial charge in [-0.2, -0.15) is 0 Å². The van der Waals surface area contributed by atoms with Crippen LogP contribution in [0.2, 0.25) is 0 Å². The van der Waals surface area contributed by atoms with Crippen LogP contribution < -0.4 is 5.32 Å². The predicted octanol–water partition coefficient (Wildman–Crippen LogP) is 3.06. The van der Waals surface area contributed by atoms with Gasteiger partial charge in [-0.1, -0.05) is 6.92 Å². The van der Waals surface area contributed by atoms with Crippen LogP contribution in [0.3, 0.4) is 0 Å². The number of nitrogens with zero attached hydrogens (tertiary/aromatic N) is 2. The quantitative estimate of drug-likeness (QED) is 0.740. The van der Waals surface area contributed by atoms with Gasteiger partial charge in [0.2, 0.25) is 0 Å². The molecule has 0 aromatic carbocycles. The van der Waals surface area contributed by atoms with E-state index in [2.05, 4.69) is 31.2 Å². The Morgan fingerprint density at radius 1 is 1.32 bits per heavy atom. The fourth-order valence-electron chi connectivity index (χ4n) is 1.51. The molecule has 0 saturated carbocycles. The summed E-state index contributed by atoms with van der Waals surface area (Å²) in [6, 6.07) is 0. The molecule has 0 aliphatic rings. The summed E-state index contributed by atoms with van der Waals surface area (Å²) >= 11 is 3.46. The average Bonchev–Trinajstić information content (AvgIpc) is 2.38. The number of aryl methyl sites for hydroxylation is 1. The summed E-state index contributed by atoms with van der Waals surface area (Å²) in [5.41, 5.74) is 0.898. The van der Waals surface area contributed by atoms with E-state index in [1.165, 1.54) is 0 Å². The van der Waals surface area contributed by atoms with Gasteiger partial charge < -0.3 is 10.1 Å². The normalized spacial score (nSPS) is 11.1. The number of hydrogen-bond donors (Lipinski definition) is 1. The Kier molecular flexibility index (Phi) is 7.15. The predicted molar refractivity (Wildman–Crippen MR) is 73.8 cm³/mol. The first kappa shape index (κ1) is 16.2. The lowest BCUT2D eigenvalue weighted by Crippen LogP contribution is -2.11. The zero-order valence-corrected chi connectivity index (χ0v) is 12.6. The SMILES string of the molecule is CCNc1nc(CCOCC(F)F)nc(CC)c1Br. The van der Waals surface area contributed by atoms with Crippen LogP contribution in [0.25, 0.3) is 0 Å². The fraction of sp³-hybridized carbons (Fsp3) is 0.667. The van der Waals surface area contributed by atoms with Crippen molar-refractivity contribution in [2.24, 2.45) is 0 Å². The summed E-state index contributed by atoms with van der Waals surface area (Å²) in [6.45, 7) is 4.38. The van der Waals surface area contributed by atoms with Gasteiger partial charge in [0.05, 0.1) is 16.8 Å². The summed E-state index contributed by atoms with van der Waals surface area (Å²) in [4.78, 5) is 8.74. The van der Waals surface area contributed by atoms with E-state index in [4.69, 9.17) is 4.74 Å². The molecule has 0 radical (unpaired) electrons. The minimum atomic E-state index is -2.44. The molecule has 4 nitrogen and oxygen atoms in total. The molecule has 7 heteroatoms. The van der Waals surface area contributed by atoms with Gasteiger partial charge in [-0.3, -0.25) is 0 Å². The van der Waals surface area contributed by atoms with E-state index < -0.39 is 13.0 Å². The highest BCUT2D eigenvalue weighted by molar-refractivity contribution is 9.10. The molecule has 19 heavy (non-hydrogen) atoms. The van der Waals surface area contributed by atoms with E-state index in [1.807, 2.05) is 13.8 Å². The molecule has 0 amide bonds. The van der Waals surface area contributed by atoms with Gasteiger partial charge in [0.25, 0.3) is 6.43 Å². The zero-order valence-electron chi connectivity index (χ0n) is 11.0. The van der Waals surface area contributed by atoms with Gasteiger partial charge >= 0.3 is 0 Å². The monoisotopic (exact) mass is 337 g/mol. The highest BCUT2D eigenvalue weighted by Gasteiger charge is 2.11. The number of rotatable bonds is 8. The fourth-order valence-corrected chi connectivity index (χ4v) is 2.11. The number of ether oxygens (including phenoxy) is 1. The molecule has 0 bridgehead atoms. The lowest BCUT2D eigenvalue weighted by atomic mass is 10.3. The van der Waals surface area contributed by atoms with Crippen molar-refractivity contribution < 1.29 is 13.5 Å². The second kappa shape index (κ2) is 8.37. The van der Waals surface area contributed by atoms with Crippen LogP contribution in [0.1, 0.15) is 25.4 Å². The molecular formula is C12H18BrF2N3O. The van der Waals surface area contributed by atoms with E-state index in [1.54, 1.807) is 0 Å². The smallest absolute Gasteiger partial charge is 0.261 e. The first-order valence-corrected chi connectivity index (χ1v) is 7.02. The van der Waals surface area contributed by atoms with Crippen LogP contribution in [0.4, 0.5) is 14.6 Å². The molecule has 0 saturated heterocycles. The summed E-state index contributed by atoms with van der Waals surface area (Å²) in [5.74, 6) is 1.34. The lowest BCUT2D eigenvalue weighted by molar-refractivity contribution is 0.0183. The molecule has 0 spiro atoms. The molecule has 0 aliphatic carbocycles. The average molecular weight is 338 g/mol. The molecule has 1 heterocycles. The Balaban J connectivity index is 2.69. The van der Waals surface area contributed by atoms with Crippen molar-refractivity contribution in [3.63, 3.8) is 0 Å². The van der Waals surface area contributed by atoms with Gasteiger partial charge in [-0.15, -0.1) is 0 Å². The van der Waals surface area contributed by atoms with E-state index in [9.17, 15) is 8.78 Å². The Morgan fingerprint density at radius 3 is 2.63 bits per heavy atom. The molecule has 1 rings (SSSR count). The summed E-state index contributed by atoms with van der Waals surface area (Å²) in [7, 11) is 0. The summed E-state index contributed by atoms with van der Waals surface area (Å²) in [5, 5.41) is 3.14. The molecule has 1 aromatic heterocycles. The highest BCUT2D eigenvalue weighted by atomic mass is 79.9.